The van der Waals surface area contributed by atoms with E-state index in [-0.39, 0.29) is 34.9 Å². The average molecular weight is 691 g/mol. The zero-order chi connectivity index (χ0) is 21.8. The summed E-state index contributed by atoms with van der Waals surface area (Å²) in [7, 11) is -0.194. The van der Waals surface area contributed by atoms with Crippen molar-refractivity contribution in [1.29, 1.82) is 0 Å². The van der Waals surface area contributed by atoms with Gasteiger partial charge in [-0.05, 0) is 12.8 Å². The van der Waals surface area contributed by atoms with E-state index >= 15 is 0 Å². The molecular weight excluding hydrogens is 658 g/mol. The second-order valence-electron chi connectivity index (χ2n) is 7.46. The van der Waals surface area contributed by atoms with Gasteiger partial charge in [0, 0.05) is 0 Å². The van der Waals surface area contributed by atoms with E-state index < -0.39 is 0 Å². The first kappa shape index (κ1) is 31.1. The largest absolute Gasteiger partial charge is 1.00 e. The van der Waals surface area contributed by atoms with Gasteiger partial charge in [0.05, 0.1) is 0 Å². The van der Waals surface area contributed by atoms with Gasteiger partial charge in [0.2, 0.25) is 0 Å². The Hall–Kier alpha value is -0.867. The molecule has 4 heteroatoms. The summed E-state index contributed by atoms with van der Waals surface area (Å²) in [4.78, 5) is 0. The summed E-state index contributed by atoms with van der Waals surface area (Å²) in [6.07, 6.45) is 2.21. The van der Waals surface area contributed by atoms with Crippen molar-refractivity contribution < 1.29 is 46.1 Å². The van der Waals surface area contributed by atoms with Gasteiger partial charge < -0.3 is 24.8 Å². The molecule has 0 aliphatic heterocycles. The van der Waals surface area contributed by atoms with E-state index in [2.05, 4.69) is 122 Å². The van der Waals surface area contributed by atoms with Crippen LogP contribution in [-0.4, -0.2) is 10.1 Å². The Balaban J connectivity index is 0.000000490. The first-order chi connectivity index (χ1) is 14.5. The molecule has 32 heavy (non-hydrogen) atoms. The molecule has 0 aliphatic carbocycles. The molecule has 4 aromatic rings. The van der Waals surface area contributed by atoms with Crippen molar-refractivity contribution in [2.24, 2.45) is 0 Å². The first-order valence-corrected chi connectivity index (χ1v) is 25.2. The molecule has 0 fully saturated rings. The van der Waals surface area contributed by atoms with E-state index in [0.717, 1.165) is 12.8 Å². The van der Waals surface area contributed by atoms with Crippen molar-refractivity contribution in [2.75, 3.05) is 0 Å². The quantitative estimate of drug-likeness (QED) is 0.228. The molecule has 0 nitrogen and oxygen atoms in total. The van der Waals surface area contributed by atoms with Crippen LogP contribution in [0, 0.1) is 0 Å². The Bertz CT molecular complexity index is 924. The predicted octanol–water partition coefficient (Wildman–Crippen LogP) is 2.06. The molecule has 0 unspecified atom stereocenters. The molecule has 0 radical (unpaired) electrons. The van der Waals surface area contributed by atoms with E-state index in [1.54, 1.807) is 0 Å². The summed E-state index contributed by atoms with van der Waals surface area (Å²) in [5.74, 6) is 4.79. The van der Waals surface area contributed by atoms with Crippen LogP contribution in [0.25, 0.3) is 22.3 Å². The molecule has 4 aromatic carbocycles. The van der Waals surface area contributed by atoms with Gasteiger partial charge in [0.15, 0.2) is 0 Å². The standard InChI is InChI=1S/2C13H13.C2H6Ge.2ClH.Hf/c2*1-2-11-6-5-9-13(10-11)12-7-3-4-8-12;1-3-2;;;/h2*3-10H,2H2,1H3;1-2H3;2*1H;/q2*-1;;;;+2/p-2. The molecule has 0 heterocycles. The molecule has 0 saturated carbocycles. The van der Waals surface area contributed by atoms with Crippen LogP contribution in [0.2, 0.25) is 11.5 Å². The molecular formula is C28H32Cl2GeHf-2. The van der Waals surface area contributed by atoms with E-state index in [1.807, 2.05) is 0 Å². The molecule has 0 saturated heterocycles. The fourth-order valence-electron chi connectivity index (χ4n) is 3.07. The van der Waals surface area contributed by atoms with Gasteiger partial charge in [-0.3, -0.25) is 0 Å². The van der Waals surface area contributed by atoms with Gasteiger partial charge in [-0.15, -0.1) is 59.7 Å². The molecule has 0 aliphatic rings. The van der Waals surface area contributed by atoms with Crippen molar-refractivity contribution in [3.8, 4) is 22.3 Å². The monoisotopic (exact) mass is 692 g/mol. The Morgan fingerprint density at radius 1 is 0.625 bits per heavy atom. The third-order valence-electron chi connectivity index (χ3n) is 4.66. The van der Waals surface area contributed by atoms with Crippen LogP contribution in [0.5, 0.6) is 0 Å². The van der Waals surface area contributed by atoms with Crippen LogP contribution >= 0.6 is 0 Å². The van der Waals surface area contributed by atoms with Crippen LogP contribution in [0.1, 0.15) is 25.0 Å². The molecule has 0 spiro atoms. The van der Waals surface area contributed by atoms with Crippen LogP contribution in [0.3, 0.4) is 0 Å². The smallest absolute Gasteiger partial charge is 1.00 e. The maximum atomic E-state index is 2.40. The van der Waals surface area contributed by atoms with Gasteiger partial charge in [-0.2, -0.15) is 24.3 Å². The number of halogens is 2. The summed E-state index contributed by atoms with van der Waals surface area (Å²) in [6, 6.07) is 34.3. The van der Waals surface area contributed by atoms with Gasteiger partial charge in [0.1, 0.15) is 0 Å². The van der Waals surface area contributed by atoms with Crippen LogP contribution < -0.4 is 24.8 Å². The van der Waals surface area contributed by atoms with Crippen molar-refractivity contribution in [3.63, 3.8) is 0 Å². The number of aryl methyl sites for hydroxylation is 2. The van der Waals surface area contributed by atoms with Crippen LogP contribution in [0.15, 0.2) is 97.1 Å². The van der Waals surface area contributed by atoms with Crippen molar-refractivity contribution in [1.82, 2.24) is 0 Å². The van der Waals surface area contributed by atoms with Crippen LogP contribution in [-0.2, 0) is 34.1 Å². The predicted molar refractivity (Wildman–Crippen MR) is 131 cm³/mol. The maximum Gasteiger partial charge on any atom is -1.00 e. The molecule has 168 valence electrons. The maximum absolute atomic E-state index is 2.40. The van der Waals surface area contributed by atoms with E-state index in [1.165, 1.54) is 54.7 Å². The number of benzene rings is 2. The minimum absolute atomic E-state index is 0. The molecule has 4 rings (SSSR count). The van der Waals surface area contributed by atoms with Crippen molar-refractivity contribution >= 4 is 10.1 Å². The molecule has 0 bridgehead atoms. The van der Waals surface area contributed by atoms with Crippen molar-refractivity contribution in [3.05, 3.63) is 108 Å². The zero-order valence-electron chi connectivity index (χ0n) is 19.4. The topological polar surface area (TPSA) is 0 Å². The van der Waals surface area contributed by atoms with Gasteiger partial charge in [0.25, 0.3) is 0 Å². The fourth-order valence-corrected chi connectivity index (χ4v) is 3.07. The normalized spacial score (nSPS) is 9.19. The third kappa shape index (κ3) is 11.3. The zero-order valence-corrected chi connectivity index (χ0v) is 26.6. The second kappa shape index (κ2) is 17.6. The Morgan fingerprint density at radius 3 is 1.22 bits per heavy atom. The molecule has 0 atom stereocenters. The summed E-state index contributed by atoms with van der Waals surface area (Å²) in [5.41, 5.74) is 8.08. The Kier molecular flexibility index (Phi) is 17.1. The Labute approximate surface area is 223 Å². The molecule has 0 amide bonds. The summed E-state index contributed by atoms with van der Waals surface area (Å²) in [5, 5.41) is 0. The average Bonchev–Trinajstić information content (AvgIpc) is 3.48. The SMILES string of the molecule is CCc1cccc(-[c-]2cccc2)c1.CCc1cccc(-[c-]2cccc2)c1.[CH3][Ge]([CH3])=[Hf+2].[Cl-].[Cl-]. The Morgan fingerprint density at radius 2 is 0.938 bits per heavy atom. The summed E-state index contributed by atoms with van der Waals surface area (Å²) >= 11 is 1.52. The first-order valence-electron chi connectivity index (χ1n) is 10.7. The van der Waals surface area contributed by atoms with E-state index in [9.17, 15) is 0 Å². The van der Waals surface area contributed by atoms with E-state index in [4.69, 9.17) is 0 Å². The number of hydrogen-bond acceptors (Lipinski definition) is 0. The van der Waals surface area contributed by atoms with Gasteiger partial charge >= 0.3 is 42.8 Å². The summed E-state index contributed by atoms with van der Waals surface area (Å²) < 4.78 is 0. The fraction of sp³-hybridized carbons (Fsp3) is 0.214. The summed E-state index contributed by atoms with van der Waals surface area (Å²) in [6.45, 7) is 4.37. The minimum atomic E-state index is -0.194. The van der Waals surface area contributed by atoms with E-state index in [0.29, 0.717) is 0 Å². The second-order valence-corrected chi connectivity index (χ2v) is 30.3. The number of hydrogen-bond donors (Lipinski definition) is 0. The minimum Gasteiger partial charge on any atom is -1.00 e. The van der Waals surface area contributed by atoms with Crippen molar-refractivity contribution in [2.45, 2.75) is 38.2 Å². The van der Waals surface area contributed by atoms with Crippen LogP contribution in [0.4, 0.5) is 0 Å². The van der Waals surface area contributed by atoms with Gasteiger partial charge in [-0.1, -0.05) is 60.4 Å². The van der Waals surface area contributed by atoms with Gasteiger partial charge in [-0.25, -0.2) is 0 Å². The third-order valence-corrected chi connectivity index (χ3v) is 4.66. The molecule has 0 N–H and O–H groups in total. The molecule has 0 aromatic heterocycles. The number of rotatable bonds is 4.